The minimum atomic E-state index is 0.0636. The van der Waals surface area contributed by atoms with E-state index in [9.17, 15) is 0 Å². The van der Waals surface area contributed by atoms with Gasteiger partial charge in [0, 0.05) is 26.0 Å². The van der Waals surface area contributed by atoms with Crippen molar-refractivity contribution in [3.63, 3.8) is 0 Å². The summed E-state index contributed by atoms with van der Waals surface area (Å²) in [4.78, 5) is 0. The van der Waals surface area contributed by atoms with Gasteiger partial charge in [-0.3, -0.25) is 0 Å². The molecule has 0 amide bonds. The standard InChI is InChI=1S/C14H12N3O2/c1-8-6-18-12-10-4-3-5-11-13-16(9(2)7-19-13)14(15(8)12)17(10)11/h3-7,14H,1-2H3/q+3. The number of aryl methyl sites for hydroxylation is 2. The Morgan fingerprint density at radius 1 is 0.842 bits per heavy atom. The van der Waals surface area contributed by atoms with Crippen molar-refractivity contribution in [1.82, 2.24) is 0 Å². The first-order valence-electron chi connectivity index (χ1n) is 6.32. The van der Waals surface area contributed by atoms with E-state index in [0.29, 0.717) is 0 Å². The molecule has 0 bridgehead atoms. The average Bonchev–Trinajstić information content (AvgIpc) is 3.10. The highest BCUT2D eigenvalue weighted by Crippen LogP contribution is 2.29. The minimum absolute atomic E-state index is 0.0636. The van der Waals surface area contributed by atoms with Gasteiger partial charge in [0.05, 0.1) is 0 Å². The van der Waals surface area contributed by atoms with Gasteiger partial charge in [0.15, 0.2) is 12.5 Å². The molecule has 2 aliphatic heterocycles. The lowest BCUT2D eigenvalue weighted by molar-refractivity contribution is -1.08. The highest BCUT2D eigenvalue weighted by Gasteiger charge is 2.65. The van der Waals surface area contributed by atoms with Gasteiger partial charge in [-0.2, -0.15) is 0 Å². The van der Waals surface area contributed by atoms with Gasteiger partial charge >= 0.3 is 29.5 Å². The maximum atomic E-state index is 5.72. The molecule has 3 aromatic heterocycles. The van der Waals surface area contributed by atoms with Crippen LogP contribution in [0.25, 0.3) is 23.2 Å². The van der Waals surface area contributed by atoms with E-state index in [1.165, 1.54) is 0 Å². The van der Waals surface area contributed by atoms with Crippen LogP contribution in [0, 0.1) is 13.8 Å². The Morgan fingerprint density at radius 3 is 1.89 bits per heavy atom. The molecule has 0 saturated carbocycles. The second-order valence-electron chi connectivity index (χ2n) is 5.12. The zero-order valence-corrected chi connectivity index (χ0v) is 10.6. The fraction of sp³-hybridized carbons (Fsp3) is 0.214. The molecule has 0 saturated heterocycles. The van der Waals surface area contributed by atoms with Gasteiger partial charge < -0.3 is 8.83 Å². The summed E-state index contributed by atoms with van der Waals surface area (Å²) in [7, 11) is 0. The normalized spacial score (nSPS) is 14.6. The Labute approximate surface area is 109 Å². The summed E-state index contributed by atoms with van der Waals surface area (Å²) in [5, 5.41) is 0. The van der Waals surface area contributed by atoms with Crippen LogP contribution in [-0.2, 0) is 0 Å². The molecule has 19 heavy (non-hydrogen) atoms. The van der Waals surface area contributed by atoms with Crippen molar-refractivity contribution in [2.24, 2.45) is 0 Å². The predicted octanol–water partition coefficient (Wildman–Crippen LogP) is 0.865. The maximum absolute atomic E-state index is 5.72. The van der Waals surface area contributed by atoms with Crippen molar-refractivity contribution in [2.45, 2.75) is 20.1 Å². The second-order valence-corrected chi connectivity index (χ2v) is 5.12. The number of rotatable bonds is 0. The monoisotopic (exact) mass is 254 g/mol. The van der Waals surface area contributed by atoms with Gasteiger partial charge in [0.25, 0.3) is 0 Å². The fourth-order valence-electron chi connectivity index (χ4n) is 3.24. The number of hydrogen-bond acceptors (Lipinski definition) is 2. The first-order valence-corrected chi connectivity index (χ1v) is 6.32. The Kier molecular flexibility index (Phi) is 1.38. The Balaban J connectivity index is 2.01. The summed E-state index contributed by atoms with van der Waals surface area (Å²) in [6.07, 6.45) is 3.67. The van der Waals surface area contributed by atoms with Crippen LogP contribution in [0.2, 0.25) is 0 Å². The van der Waals surface area contributed by atoms with E-state index in [2.05, 4.69) is 39.7 Å². The van der Waals surface area contributed by atoms with Gasteiger partial charge in [-0.25, -0.2) is 0 Å². The molecule has 0 radical (unpaired) electrons. The molecule has 3 aromatic rings. The van der Waals surface area contributed by atoms with Crippen molar-refractivity contribution in [3.8, 4) is 23.2 Å². The Morgan fingerprint density at radius 2 is 1.37 bits per heavy atom. The summed E-state index contributed by atoms with van der Waals surface area (Å²) in [6.45, 7) is 4.13. The summed E-state index contributed by atoms with van der Waals surface area (Å²) in [6, 6.07) is 6.21. The molecule has 5 heteroatoms. The number of hydrogen-bond donors (Lipinski definition) is 0. The Bertz CT molecular complexity index is 793. The third-order valence-electron chi connectivity index (χ3n) is 4.04. The third-order valence-corrected chi connectivity index (χ3v) is 4.04. The van der Waals surface area contributed by atoms with Crippen LogP contribution in [0.5, 0.6) is 0 Å². The topological polar surface area (TPSA) is 37.9 Å². The molecule has 0 unspecified atom stereocenters. The van der Waals surface area contributed by atoms with Crippen LogP contribution in [0.3, 0.4) is 0 Å². The van der Waals surface area contributed by atoms with Crippen molar-refractivity contribution < 1.29 is 22.5 Å². The quantitative estimate of drug-likeness (QED) is 0.384. The van der Waals surface area contributed by atoms with E-state index < -0.39 is 0 Å². The molecule has 0 N–H and O–H groups in total. The molecule has 5 heterocycles. The lowest BCUT2D eigenvalue weighted by Gasteiger charge is -1.90. The third kappa shape index (κ3) is 0.865. The van der Waals surface area contributed by atoms with E-state index in [-0.39, 0.29) is 6.29 Å². The van der Waals surface area contributed by atoms with Gasteiger partial charge in [0.1, 0.15) is 0 Å². The number of aromatic nitrogens is 3. The van der Waals surface area contributed by atoms with Crippen LogP contribution in [0.1, 0.15) is 17.7 Å². The van der Waals surface area contributed by atoms with E-state index in [1.54, 1.807) is 12.5 Å². The van der Waals surface area contributed by atoms with Crippen molar-refractivity contribution >= 4 is 0 Å². The number of fused-ring (bicyclic) bond motifs is 6. The fourth-order valence-corrected chi connectivity index (χ4v) is 3.24. The molecule has 92 valence electrons. The molecule has 2 aliphatic rings. The van der Waals surface area contributed by atoms with Crippen LogP contribution in [0.15, 0.2) is 39.6 Å². The van der Waals surface area contributed by atoms with Gasteiger partial charge in [0.2, 0.25) is 11.4 Å². The molecule has 0 atom stereocenters. The molecule has 0 aromatic carbocycles. The molecule has 5 rings (SSSR count). The predicted molar refractivity (Wildman–Crippen MR) is 61.7 cm³/mol. The molecule has 5 nitrogen and oxygen atoms in total. The van der Waals surface area contributed by atoms with E-state index in [0.717, 1.165) is 34.6 Å². The van der Waals surface area contributed by atoms with Gasteiger partial charge in [-0.05, 0) is 19.8 Å². The largest absolute Gasteiger partial charge is 0.561 e. The van der Waals surface area contributed by atoms with Gasteiger partial charge in [-0.1, -0.05) is 0 Å². The lowest BCUT2D eigenvalue weighted by Crippen LogP contribution is -2.65. The van der Waals surface area contributed by atoms with E-state index >= 15 is 0 Å². The summed E-state index contributed by atoms with van der Waals surface area (Å²) < 4.78 is 18.1. The highest BCUT2D eigenvalue weighted by molar-refractivity contribution is 5.48. The van der Waals surface area contributed by atoms with Crippen LogP contribution in [0.4, 0.5) is 0 Å². The van der Waals surface area contributed by atoms with E-state index in [4.69, 9.17) is 8.83 Å². The molecule has 0 spiro atoms. The smallest absolute Gasteiger partial charge is 0.401 e. The summed E-state index contributed by atoms with van der Waals surface area (Å²) >= 11 is 0. The number of nitrogens with zero attached hydrogens (tertiary/aromatic N) is 3. The highest BCUT2D eigenvalue weighted by atomic mass is 16.4. The van der Waals surface area contributed by atoms with Crippen molar-refractivity contribution in [3.05, 3.63) is 42.1 Å². The SMILES string of the molecule is Cc1coc2[n+]1C1[n+]3c-2cccc3-c2occ(C)[n+]21. The summed E-state index contributed by atoms with van der Waals surface area (Å²) in [5.41, 5.74) is 4.40. The van der Waals surface area contributed by atoms with Crippen LogP contribution >= 0.6 is 0 Å². The number of pyridine rings is 1. The summed E-state index contributed by atoms with van der Waals surface area (Å²) in [5.74, 6) is 1.81. The molecular formula is C14H12N3O2+3. The molecule has 0 fully saturated rings. The molecule has 0 aliphatic carbocycles. The first kappa shape index (κ1) is 9.49. The average molecular weight is 254 g/mol. The van der Waals surface area contributed by atoms with Crippen LogP contribution < -0.4 is 13.7 Å². The number of oxazole rings is 2. The van der Waals surface area contributed by atoms with Crippen molar-refractivity contribution in [1.29, 1.82) is 0 Å². The van der Waals surface area contributed by atoms with E-state index in [1.807, 2.05) is 6.07 Å². The maximum Gasteiger partial charge on any atom is 0.561 e. The second kappa shape index (κ2) is 2.77. The van der Waals surface area contributed by atoms with Gasteiger partial charge in [-0.15, -0.1) is 0 Å². The zero-order chi connectivity index (χ0) is 12.7. The zero-order valence-electron chi connectivity index (χ0n) is 10.6. The Hall–Kier alpha value is -2.43. The lowest BCUT2D eigenvalue weighted by atomic mass is 10.3. The minimum Gasteiger partial charge on any atom is -0.401 e. The van der Waals surface area contributed by atoms with Crippen LogP contribution in [-0.4, -0.2) is 0 Å². The van der Waals surface area contributed by atoms with Crippen molar-refractivity contribution in [2.75, 3.05) is 0 Å². The first-order chi connectivity index (χ1) is 9.27. The molecular weight excluding hydrogens is 242 g/mol.